The van der Waals surface area contributed by atoms with E-state index < -0.39 is 12.1 Å². The molecule has 0 spiro atoms. The molecule has 48 valence electrons. The van der Waals surface area contributed by atoms with Crippen LogP contribution in [0.5, 0.6) is 0 Å². The van der Waals surface area contributed by atoms with Gasteiger partial charge in [0, 0.05) is 0 Å². The van der Waals surface area contributed by atoms with E-state index >= 15 is 0 Å². The van der Waals surface area contributed by atoms with E-state index in [9.17, 15) is 4.79 Å². The molecule has 0 radical (unpaired) electrons. The van der Waals surface area contributed by atoms with E-state index in [2.05, 4.69) is 20.1 Å². The van der Waals surface area contributed by atoms with Gasteiger partial charge in [-0.2, -0.15) is 0 Å². The highest BCUT2D eigenvalue weighted by Gasteiger charge is 2.04. The van der Waals surface area contributed by atoms with Crippen molar-refractivity contribution in [3.05, 3.63) is 0 Å². The highest BCUT2D eigenvalue weighted by Crippen LogP contribution is 1.95. The first-order chi connectivity index (χ1) is 3.66. The Balaban J connectivity index is 3.25. The van der Waals surface area contributed by atoms with Gasteiger partial charge in [0.15, 0.2) is 16.3 Å². The topological polar surface area (TPSA) is 46.5 Å². The second-order valence-electron chi connectivity index (χ2n) is 1.50. The second-order valence-corrected chi connectivity index (χ2v) is 1.83. The highest BCUT2D eigenvalue weighted by molar-refractivity contribution is 9.06. The van der Waals surface area contributed by atoms with Crippen LogP contribution in [0.4, 0.5) is 0 Å². The number of hydrogen-bond acceptors (Lipinski definition) is 3. The van der Waals surface area contributed by atoms with Gasteiger partial charge in [-0.05, 0) is 6.92 Å². The van der Waals surface area contributed by atoms with Crippen LogP contribution in [0.3, 0.4) is 0 Å². The largest absolute Gasteiger partial charge is 0.393 e. The molecule has 8 heavy (non-hydrogen) atoms. The van der Waals surface area contributed by atoms with Crippen molar-refractivity contribution in [2.75, 3.05) is 0 Å². The Hall–Kier alpha value is -0.0900. The van der Waals surface area contributed by atoms with Crippen molar-refractivity contribution >= 4 is 22.2 Å². The molecule has 0 aromatic heterocycles. The van der Waals surface area contributed by atoms with E-state index in [0.29, 0.717) is 0 Å². The summed E-state index contributed by atoms with van der Waals surface area (Å²) in [6, 6.07) is 0. The van der Waals surface area contributed by atoms with Crippen molar-refractivity contribution in [3.63, 3.8) is 0 Å². The minimum Gasteiger partial charge on any atom is -0.393 e. The van der Waals surface area contributed by atoms with Crippen LogP contribution in [0.25, 0.3) is 0 Å². The molecule has 0 aliphatic heterocycles. The smallest absolute Gasteiger partial charge is 0.319 e. The number of rotatable bonds is 2. The first-order valence-corrected chi connectivity index (χ1v) is 2.81. The predicted molar refractivity (Wildman–Crippen MR) is 31.3 cm³/mol. The van der Waals surface area contributed by atoms with Crippen molar-refractivity contribution in [1.29, 1.82) is 0 Å². The highest BCUT2D eigenvalue weighted by atomic mass is 79.9. The molecule has 0 aliphatic carbocycles. The number of aliphatic hydroxyl groups is 1. The Labute approximate surface area is 56.1 Å². The van der Waals surface area contributed by atoms with Gasteiger partial charge < -0.3 is 8.93 Å². The molecule has 0 saturated carbocycles. The average Bonchev–Trinajstić information content (AvgIpc) is 1.65. The maximum Gasteiger partial charge on any atom is 0.319 e. The van der Waals surface area contributed by atoms with Gasteiger partial charge >= 0.3 is 5.97 Å². The molecule has 0 aromatic carbocycles. The third-order valence-electron chi connectivity index (χ3n) is 0.548. The Kier molecular flexibility index (Phi) is 3.81. The number of carbonyl (C=O) groups is 1. The molecule has 1 unspecified atom stereocenters. The zero-order valence-corrected chi connectivity index (χ0v) is 6.01. The lowest BCUT2D eigenvalue weighted by molar-refractivity contribution is -0.134. The summed E-state index contributed by atoms with van der Waals surface area (Å²) in [6.07, 6.45) is -0.592. The van der Waals surface area contributed by atoms with Crippen molar-refractivity contribution < 1.29 is 13.7 Å². The Morgan fingerprint density at radius 3 is 2.62 bits per heavy atom. The summed E-state index contributed by atoms with van der Waals surface area (Å²) in [5.41, 5.74) is 0. The molecule has 0 aromatic rings. The zero-order valence-electron chi connectivity index (χ0n) is 4.43. The van der Waals surface area contributed by atoms with E-state index in [1.165, 1.54) is 6.92 Å². The lowest BCUT2D eigenvalue weighted by Crippen LogP contribution is -2.08. The molecule has 0 heterocycles. The van der Waals surface area contributed by atoms with E-state index in [1.54, 1.807) is 0 Å². The van der Waals surface area contributed by atoms with Gasteiger partial charge in [-0.3, -0.25) is 4.79 Å². The fourth-order valence-corrected chi connectivity index (χ4v) is 0.405. The lowest BCUT2D eigenvalue weighted by Gasteiger charge is -1.97. The fourth-order valence-electron chi connectivity index (χ4n) is 0.273. The second kappa shape index (κ2) is 3.86. The molecule has 0 bridgehead atoms. The monoisotopic (exact) mass is 182 g/mol. The summed E-state index contributed by atoms with van der Waals surface area (Å²) in [7, 11) is 0. The maximum absolute atomic E-state index is 10.2. The fraction of sp³-hybridized carbons (Fsp3) is 0.750. The van der Waals surface area contributed by atoms with Crippen LogP contribution in [0, 0.1) is 0 Å². The predicted octanol–water partition coefficient (Wildman–Crippen LogP) is 0.610. The minimum atomic E-state index is -0.625. The molecule has 0 amide bonds. The van der Waals surface area contributed by atoms with Crippen LogP contribution in [0.15, 0.2) is 0 Å². The van der Waals surface area contributed by atoms with Crippen LogP contribution in [0.1, 0.15) is 13.3 Å². The summed E-state index contributed by atoms with van der Waals surface area (Å²) in [5.74, 6) is -0.458. The van der Waals surface area contributed by atoms with Gasteiger partial charge in [-0.25, -0.2) is 0 Å². The first kappa shape index (κ1) is 7.91. The van der Waals surface area contributed by atoms with E-state index in [1.807, 2.05) is 0 Å². The zero-order chi connectivity index (χ0) is 6.57. The van der Waals surface area contributed by atoms with Crippen LogP contribution in [-0.4, -0.2) is 17.2 Å². The molecule has 0 saturated heterocycles. The molecule has 3 nitrogen and oxygen atoms in total. The van der Waals surface area contributed by atoms with Crippen molar-refractivity contribution in [3.8, 4) is 0 Å². The average molecular weight is 183 g/mol. The molecular weight excluding hydrogens is 176 g/mol. The Bertz CT molecular complexity index is 81.4. The van der Waals surface area contributed by atoms with Gasteiger partial charge in [0.2, 0.25) is 0 Å². The number of carbonyl (C=O) groups excluding carboxylic acids is 1. The van der Waals surface area contributed by atoms with E-state index in [4.69, 9.17) is 5.11 Å². The molecule has 0 aliphatic rings. The van der Waals surface area contributed by atoms with Gasteiger partial charge in [0.1, 0.15) is 0 Å². The van der Waals surface area contributed by atoms with Crippen LogP contribution in [-0.2, 0) is 8.62 Å². The summed E-state index contributed by atoms with van der Waals surface area (Å²) < 4.78 is 4.07. The molecule has 1 N–H and O–H groups in total. The summed E-state index contributed by atoms with van der Waals surface area (Å²) in [6.45, 7) is 1.52. The summed E-state index contributed by atoms with van der Waals surface area (Å²) in [5, 5.41) is 8.53. The van der Waals surface area contributed by atoms with E-state index in [0.717, 1.165) is 0 Å². The first-order valence-electron chi connectivity index (χ1n) is 2.16. The standard InChI is InChI=1S/C4H7BrO3/c1-3(6)2-4(7)8-5/h3,6H,2H2,1H3. The Morgan fingerprint density at radius 1 is 2.00 bits per heavy atom. The molecule has 4 heteroatoms. The molecule has 0 rings (SSSR count). The maximum atomic E-state index is 10.2. The SMILES string of the molecule is CC(O)CC(=O)OBr. The van der Waals surface area contributed by atoms with Crippen molar-refractivity contribution in [2.45, 2.75) is 19.4 Å². The third kappa shape index (κ3) is 4.08. The molecule has 0 fully saturated rings. The quantitative estimate of drug-likeness (QED) is 0.682. The van der Waals surface area contributed by atoms with Gasteiger partial charge in [0.05, 0.1) is 12.5 Å². The number of aliphatic hydroxyl groups excluding tert-OH is 1. The number of halogens is 1. The number of hydrogen-bond donors (Lipinski definition) is 1. The summed E-state index contributed by atoms with van der Waals surface area (Å²) >= 11 is 2.48. The third-order valence-corrected chi connectivity index (χ3v) is 0.909. The van der Waals surface area contributed by atoms with Crippen molar-refractivity contribution in [1.82, 2.24) is 0 Å². The van der Waals surface area contributed by atoms with Gasteiger partial charge in [-0.1, -0.05) is 0 Å². The van der Waals surface area contributed by atoms with Gasteiger partial charge in [0.25, 0.3) is 0 Å². The van der Waals surface area contributed by atoms with Crippen molar-refractivity contribution in [2.24, 2.45) is 0 Å². The van der Waals surface area contributed by atoms with Crippen LogP contribution < -0.4 is 0 Å². The van der Waals surface area contributed by atoms with Crippen LogP contribution in [0.2, 0.25) is 0 Å². The lowest BCUT2D eigenvalue weighted by atomic mass is 10.3. The van der Waals surface area contributed by atoms with E-state index in [-0.39, 0.29) is 6.42 Å². The van der Waals surface area contributed by atoms with Crippen LogP contribution >= 0.6 is 16.3 Å². The van der Waals surface area contributed by atoms with Gasteiger partial charge in [-0.15, -0.1) is 0 Å². The normalized spacial score (nSPS) is 12.9. The molecular formula is C4H7BrO3. The molecule has 1 atom stereocenters. The summed E-state index contributed by atoms with van der Waals surface area (Å²) in [4.78, 5) is 10.2. The minimum absolute atomic E-state index is 0.0330. The Morgan fingerprint density at radius 2 is 2.50 bits per heavy atom.